The molecule has 0 saturated carbocycles. The predicted octanol–water partition coefficient (Wildman–Crippen LogP) is 3.80. The molecule has 2 aromatic rings. The zero-order valence-electron chi connectivity index (χ0n) is 12.5. The SMILES string of the molecule is CC(C)c1ccc2c(c1)CCCN2C(=O)c1cccnc1. The Balaban J connectivity index is 1.96. The van der Waals surface area contributed by atoms with Gasteiger partial charge in [0.1, 0.15) is 0 Å². The van der Waals surface area contributed by atoms with Gasteiger partial charge in [-0.3, -0.25) is 9.78 Å². The standard InChI is InChI=1S/C18H20N2O/c1-13(2)14-7-8-17-15(11-14)6-4-10-20(17)18(21)16-5-3-9-19-12-16/h3,5,7-9,11-13H,4,6,10H2,1-2H3. The smallest absolute Gasteiger partial charge is 0.259 e. The first-order valence-electron chi connectivity index (χ1n) is 7.51. The Hall–Kier alpha value is -2.16. The Kier molecular flexibility index (Phi) is 3.74. The third-order valence-electron chi connectivity index (χ3n) is 4.04. The van der Waals surface area contributed by atoms with E-state index in [1.165, 1.54) is 11.1 Å². The Labute approximate surface area is 125 Å². The van der Waals surface area contributed by atoms with E-state index < -0.39 is 0 Å². The van der Waals surface area contributed by atoms with E-state index >= 15 is 0 Å². The maximum absolute atomic E-state index is 12.7. The van der Waals surface area contributed by atoms with Gasteiger partial charge >= 0.3 is 0 Å². The Morgan fingerprint density at radius 3 is 2.86 bits per heavy atom. The van der Waals surface area contributed by atoms with Gasteiger partial charge in [0, 0.05) is 24.6 Å². The predicted molar refractivity (Wildman–Crippen MR) is 84.8 cm³/mol. The highest BCUT2D eigenvalue weighted by molar-refractivity contribution is 6.06. The molecule has 0 N–H and O–H groups in total. The number of anilines is 1. The van der Waals surface area contributed by atoms with Crippen LogP contribution in [0.15, 0.2) is 42.7 Å². The number of nitrogens with zero attached hydrogens (tertiary/aromatic N) is 2. The summed E-state index contributed by atoms with van der Waals surface area (Å²) in [4.78, 5) is 18.6. The number of fused-ring (bicyclic) bond motifs is 1. The second-order valence-electron chi connectivity index (χ2n) is 5.84. The van der Waals surface area contributed by atoms with Crippen LogP contribution in [0.25, 0.3) is 0 Å². The van der Waals surface area contributed by atoms with Crippen LogP contribution in [0.5, 0.6) is 0 Å². The van der Waals surface area contributed by atoms with Crippen molar-refractivity contribution in [3.05, 3.63) is 59.4 Å². The van der Waals surface area contributed by atoms with Crippen LogP contribution in [-0.2, 0) is 6.42 Å². The molecule has 0 radical (unpaired) electrons. The summed E-state index contributed by atoms with van der Waals surface area (Å²) >= 11 is 0. The first-order chi connectivity index (χ1) is 10.2. The van der Waals surface area contributed by atoms with Gasteiger partial charge in [-0.05, 0) is 48.1 Å². The van der Waals surface area contributed by atoms with E-state index in [0.717, 1.165) is 25.1 Å². The van der Waals surface area contributed by atoms with E-state index in [-0.39, 0.29) is 5.91 Å². The van der Waals surface area contributed by atoms with E-state index in [9.17, 15) is 4.79 Å². The summed E-state index contributed by atoms with van der Waals surface area (Å²) in [5.74, 6) is 0.557. The molecule has 1 aromatic carbocycles. The monoisotopic (exact) mass is 280 g/mol. The molecule has 0 spiro atoms. The summed E-state index contributed by atoms with van der Waals surface area (Å²) in [6, 6.07) is 10.1. The summed E-state index contributed by atoms with van der Waals surface area (Å²) in [6.07, 6.45) is 5.39. The van der Waals surface area contributed by atoms with Crippen molar-refractivity contribution in [3.63, 3.8) is 0 Å². The molecular weight excluding hydrogens is 260 g/mol. The van der Waals surface area contributed by atoms with Crippen LogP contribution < -0.4 is 4.90 Å². The highest BCUT2D eigenvalue weighted by Gasteiger charge is 2.24. The maximum Gasteiger partial charge on any atom is 0.259 e. The number of carbonyl (C=O) groups is 1. The summed E-state index contributed by atoms with van der Waals surface area (Å²) in [5, 5.41) is 0. The Morgan fingerprint density at radius 1 is 1.29 bits per heavy atom. The average Bonchev–Trinajstić information content (AvgIpc) is 2.54. The molecule has 1 aliphatic rings. The van der Waals surface area contributed by atoms with Crippen molar-refractivity contribution in [2.45, 2.75) is 32.6 Å². The molecule has 108 valence electrons. The highest BCUT2D eigenvalue weighted by Crippen LogP contribution is 2.31. The van der Waals surface area contributed by atoms with Crippen molar-refractivity contribution < 1.29 is 4.79 Å². The summed E-state index contributed by atoms with van der Waals surface area (Å²) in [5.41, 5.74) is 4.33. The molecule has 1 amide bonds. The zero-order valence-corrected chi connectivity index (χ0v) is 12.5. The lowest BCUT2D eigenvalue weighted by Gasteiger charge is -2.30. The zero-order chi connectivity index (χ0) is 14.8. The van der Waals surface area contributed by atoms with Gasteiger partial charge in [-0.2, -0.15) is 0 Å². The number of amides is 1. The lowest BCUT2D eigenvalue weighted by Crippen LogP contribution is -2.35. The fourth-order valence-corrected chi connectivity index (χ4v) is 2.83. The van der Waals surface area contributed by atoms with Gasteiger partial charge in [-0.1, -0.05) is 26.0 Å². The van der Waals surface area contributed by atoms with Crippen molar-refractivity contribution in [3.8, 4) is 0 Å². The van der Waals surface area contributed by atoms with Gasteiger partial charge in [-0.25, -0.2) is 0 Å². The van der Waals surface area contributed by atoms with Gasteiger partial charge in [-0.15, -0.1) is 0 Å². The molecule has 3 rings (SSSR count). The van der Waals surface area contributed by atoms with Crippen molar-refractivity contribution in [2.75, 3.05) is 11.4 Å². The number of benzene rings is 1. The largest absolute Gasteiger partial charge is 0.308 e. The van der Waals surface area contributed by atoms with Crippen LogP contribution in [-0.4, -0.2) is 17.4 Å². The lowest BCUT2D eigenvalue weighted by molar-refractivity contribution is 0.0985. The van der Waals surface area contributed by atoms with Crippen LogP contribution in [0.1, 0.15) is 47.7 Å². The number of hydrogen-bond donors (Lipinski definition) is 0. The third-order valence-corrected chi connectivity index (χ3v) is 4.04. The highest BCUT2D eigenvalue weighted by atomic mass is 16.2. The normalized spacial score (nSPS) is 14.1. The number of rotatable bonds is 2. The van der Waals surface area contributed by atoms with E-state index in [1.807, 2.05) is 11.0 Å². The van der Waals surface area contributed by atoms with E-state index in [1.54, 1.807) is 18.5 Å². The first kappa shape index (κ1) is 13.8. The summed E-state index contributed by atoms with van der Waals surface area (Å²) in [6.45, 7) is 5.17. The lowest BCUT2D eigenvalue weighted by atomic mass is 9.94. The van der Waals surface area contributed by atoms with Gasteiger partial charge in [0.2, 0.25) is 0 Å². The minimum Gasteiger partial charge on any atom is -0.308 e. The summed E-state index contributed by atoms with van der Waals surface area (Å²) < 4.78 is 0. The second-order valence-corrected chi connectivity index (χ2v) is 5.84. The molecule has 3 heteroatoms. The minimum absolute atomic E-state index is 0.0429. The van der Waals surface area contributed by atoms with Gasteiger partial charge in [0.05, 0.1) is 5.56 Å². The molecule has 0 unspecified atom stereocenters. The molecule has 1 aromatic heterocycles. The molecule has 2 heterocycles. The molecule has 0 bridgehead atoms. The molecule has 0 fully saturated rings. The van der Waals surface area contributed by atoms with Crippen LogP contribution in [0.2, 0.25) is 0 Å². The van der Waals surface area contributed by atoms with E-state index in [2.05, 4.69) is 37.0 Å². The van der Waals surface area contributed by atoms with Gasteiger partial charge < -0.3 is 4.90 Å². The maximum atomic E-state index is 12.7. The third kappa shape index (κ3) is 2.68. The van der Waals surface area contributed by atoms with Crippen LogP contribution in [0, 0.1) is 0 Å². The van der Waals surface area contributed by atoms with Crippen molar-refractivity contribution in [1.29, 1.82) is 0 Å². The number of aromatic nitrogens is 1. The Morgan fingerprint density at radius 2 is 2.14 bits per heavy atom. The molecule has 21 heavy (non-hydrogen) atoms. The number of pyridine rings is 1. The number of carbonyl (C=O) groups excluding carboxylic acids is 1. The van der Waals surface area contributed by atoms with E-state index in [4.69, 9.17) is 0 Å². The Bertz CT molecular complexity index is 650. The molecule has 1 aliphatic heterocycles. The van der Waals surface area contributed by atoms with Crippen LogP contribution in [0.4, 0.5) is 5.69 Å². The first-order valence-corrected chi connectivity index (χ1v) is 7.51. The van der Waals surface area contributed by atoms with Crippen molar-refractivity contribution >= 4 is 11.6 Å². The number of aryl methyl sites for hydroxylation is 1. The van der Waals surface area contributed by atoms with Crippen LogP contribution in [0.3, 0.4) is 0 Å². The van der Waals surface area contributed by atoms with Gasteiger partial charge in [0.25, 0.3) is 5.91 Å². The fourth-order valence-electron chi connectivity index (χ4n) is 2.83. The minimum atomic E-state index is 0.0429. The molecular formula is C18H20N2O. The van der Waals surface area contributed by atoms with Gasteiger partial charge in [0.15, 0.2) is 0 Å². The molecule has 0 aliphatic carbocycles. The summed E-state index contributed by atoms with van der Waals surface area (Å²) in [7, 11) is 0. The van der Waals surface area contributed by atoms with Crippen molar-refractivity contribution in [2.24, 2.45) is 0 Å². The molecule has 3 nitrogen and oxygen atoms in total. The average molecular weight is 280 g/mol. The van der Waals surface area contributed by atoms with Crippen LogP contribution >= 0.6 is 0 Å². The van der Waals surface area contributed by atoms with E-state index in [0.29, 0.717) is 11.5 Å². The number of hydrogen-bond acceptors (Lipinski definition) is 2. The second kappa shape index (κ2) is 5.68. The topological polar surface area (TPSA) is 33.2 Å². The fraction of sp³-hybridized carbons (Fsp3) is 0.333. The van der Waals surface area contributed by atoms with Crippen molar-refractivity contribution in [1.82, 2.24) is 4.98 Å². The molecule has 0 saturated heterocycles. The quantitative estimate of drug-likeness (QED) is 0.838. The molecule has 0 atom stereocenters.